The number of hydrogen-bond acceptors (Lipinski definition) is 10. The van der Waals surface area contributed by atoms with Gasteiger partial charge < -0.3 is 45.5 Å². The van der Waals surface area contributed by atoms with E-state index in [1.165, 1.54) is 10.8 Å². The summed E-state index contributed by atoms with van der Waals surface area (Å²) >= 11 is 0. The summed E-state index contributed by atoms with van der Waals surface area (Å²) in [5, 5.41) is 62.2. The summed E-state index contributed by atoms with van der Waals surface area (Å²) in [6.45, 7) is 1.74. The molecule has 1 rings (SSSR count). The fourth-order valence-corrected chi connectivity index (χ4v) is 1.59. The zero-order valence-corrected chi connectivity index (χ0v) is 13.0. The van der Waals surface area contributed by atoms with Crippen LogP contribution in [0.2, 0.25) is 0 Å². The Morgan fingerprint density at radius 1 is 1.36 bits per heavy atom. The van der Waals surface area contributed by atoms with Crippen molar-refractivity contribution in [2.75, 3.05) is 6.61 Å². The van der Waals surface area contributed by atoms with E-state index in [2.05, 4.69) is 4.98 Å². The predicted octanol–water partition coefficient (Wildman–Crippen LogP) is -3.19. The lowest BCUT2D eigenvalue weighted by Crippen LogP contribution is -2.48. The van der Waals surface area contributed by atoms with Crippen LogP contribution >= 0.6 is 0 Å². The zero-order chi connectivity index (χ0) is 19.7. The lowest BCUT2D eigenvalue weighted by Gasteiger charge is -2.21. The molecule has 0 saturated heterocycles. The molecule has 1 aromatic heterocycles. The number of carboxylic acids is 1. The highest BCUT2D eigenvalue weighted by Gasteiger charge is 2.34. The molecule has 0 aliphatic carbocycles. The molecule has 0 spiro atoms. The number of aliphatic hydroxyl groups excluding tert-OH is 5. The first-order valence-electron chi connectivity index (χ1n) is 6.76. The number of hydrogen-bond donors (Lipinski definition) is 6. The van der Waals surface area contributed by atoms with Crippen molar-refractivity contribution in [1.29, 1.82) is 0 Å². The maximum atomic E-state index is 10.4. The van der Waals surface area contributed by atoms with Crippen molar-refractivity contribution in [3.05, 3.63) is 22.1 Å². The Bertz CT molecular complexity index is 590. The average molecular weight is 365 g/mol. The summed E-state index contributed by atoms with van der Waals surface area (Å²) in [6.07, 6.45) is -7.21. The molecule has 0 fully saturated rings. The van der Waals surface area contributed by atoms with E-state index in [9.17, 15) is 19.7 Å². The molecule has 13 heteroatoms. The number of aliphatic hydroxyl groups is 5. The Hall–Kier alpha value is -2.45. The van der Waals surface area contributed by atoms with Gasteiger partial charge in [0.2, 0.25) is 0 Å². The number of aromatic nitrogens is 2. The third-order valence-corrected chi connectivity index (χ3v) is 2.96. The molecule has 0 amide bonds. The second kappa shape index (κ2) is 10.4. The largest absolute Gasteiger partial charge is 0.479 e. The standard InChI is InChI=1S/C6H9N3O3.C6H10O7/c1-5-7-4-6(9(11)12)8(5)2-3-10;7-1-2(8)3(9)4(10)5(11)6(12)13/h4,10H,2-3H2,1H3;1-5,8-11H,(H,12,13)/t;2-,3-,4+,5-/m.0/s1. The molecule has 13 nitrogen and oxygen atoms in total. The first kappa shape index (κ1) is 22.6. The topological polar surface area (TPSA) is 216 Å². The van der Waals surface area contributed by atoms with Crippen LogP contribution in [0.4, 0.5) is 5.82 Å². The van der Waals surface area contributed by atoms with Crippen molar-refractivity contribution < 1.29 is 45.2 Å². The van der Waals surface area contributed by atoms with E-state index in [1.54, 1.807) is 6.92 Å². The third-order valence-electron chi connectivity index (χ3n) is 2.96. The monoisotopic (exact) mass is 365 g/mol. The predicted molar refractivity (Wildman–Crippen MR) is 78.4 cm³/mol. The number of carboxylic acid groups (broad SMARTS) is 1. The Balaban J connectivity index is 0.000000462. The van der Waals surface area contributed by atoms with Gasteiger partial charge in [-0.2, -0.15) is 0 Å². The van der Waals surface area contributed by atoms with Crippen LogP contribution in [-0.4, -0.2) is 88.4 Å². The van der Waals surface area contributed by atoms with Crippen LogP contribution < -0.4 is 0 Å². The number of aldehydes is 1. The highest BCUT2D eigenvalue weighted by atomic mass is 16.6. The molecule has 25 heavy (non-hydrogen) atoms. The third kappa shape index (κ3) is 6.52. The molecule has 0 unspecified atom stereocenters. The Kier molecular flexibility index (Phi) is 9.40. The van der Waals surface area contributed by atoms with E-state index >= 15 is 0 Å². The number of imidazole rings is 1. The number of nitrogens with zero attached hydrogens (tertiary/aromatic N) is 3. The Morgan fingerprint density at radius 3 is 2.32 bits per heavy atom. The van der Waals surface area contributed by atoms with Gasteiger partial charge >= 0.3 is 11.8 Å². The van der Waals surface area contributed by atoms with E-state index in [0.717, 1.165) is 0 Å². The molecule has 0 aromatic carbocycles. The first-order chi connectivity index (χ1) is 11.6. The summed E-state index contributed by atoms with van der Waals surface area (Å²) in [6, 6.07) is 0. The van der Waals surface area contributed by atoms with Gasteiger partial charge in [0.25, 0.3) is 0 Å². The van der Waals surface area contributed by atoms with Crippen LogP contribution in [0.25, 0.3) is 0 Å². The van der Waals surface area contributed by atoms with Gasteiger partial charge in [-0.3, -0.25) is 0 Å². The lowest BCUT2D eigenvalue weighted by atomic mass is 10.0. The van der Waals surface area contributed by atoms with Crippen molar-refractivity contribution in [2.45, 2.75) is 37.9 Å². The van der Waals surface area contributed by atoms with E-state index < -0.39 is 35.3 Å². The Morgan fingerprint density at radius 2 is 1.92 bits per heavy atom. The highest BCUT2D eigenvalue weighted by molar-refractivity contribution is 5.73. The summed E-state index contributed by atoms with van der Waals surface area (Å²) < 4.78 is 1.36. The van der Waals surface area contributed by atoms with E-state index in [1.807, 2.05) is 0 Å². The summed E-state index contributed by atoms with van der Waals surface area (Å²) in [7, 11) is 0. The summed E-state index contributed by atoms with van der Waals surface area (Å²) in [5.41, 5.74) is 0. The molecule has 142 valence electrons. The summed E-state index contributed by atoms with van der Waals surface area (Å²) in [4.78, 5) is 33.6. The molecular formula is C12H19N3O10. The molecular weight excluding hydrogens is 346 g/mol. The van der Waals surface area contributed by atoms with Crippen molar-refractivity contribution in [1.82, 2.24) is 9.55 Å². The fraction of sp³-hybridized carbons (Fsp3) is 0.583. The molecule has 0 saturated carbocycles. The second-order valence-corrected chi connectivity index (χ2v) is 4.69. The number of aryl methyl sites for hydroxylation is 1. The highest BCUT2D eigenvalue weighted by Crippen LogP contribution is 2.12. The number of rotatable bonds is 8. The fourth-order valence-electron chi connectivity index (χ4n) is 1.59. The smallest absolute Gasteiger partial charge is 0.342 e. The van der Waals surface area contributed by atoms with Gasteiger partial charge in [0.1, 0.15) is 31.1 Å². The Labute approximate surface area is 140 Å². The molecule has 0 aliphatic rings. The van der Waals surface area contributed by atoms with Crippen molar-refractivity contribution >= 4 is 18.1 Å². The van der Waals surface area contributed by atoms with Crippen molar-refractivity contribution in [2.24, 2.45) is 0 Å². The molecule has 1 heterocycles. The first-order valence-corrected chi connectivity index (χ1v) is 6.76. The molecule has 0 radical (unpaired) electrons. The average Bonchev–Trinajstić information content (AvgIpc) is 2.94. The van der Waals surface area contributed by atoms with Gasteiger partial charge in [-0.1, -0.05) is 0 Å². The van der Waals surface area contributed by atoms with Gasteiger partial charge in [-0.15, -0.1) is 0 Å². The maximum Gasteiger partial charge on any atom is 0.342 e. The SMILES string of the molecule is Cc1ncc([N+](=O)[O-])n1CCO.O=C[C@H](O)[C@H](O)[C@@H](O)[C@H](O)C(=O)O. The minimum Gasteiger partial charge on any atom is -0.479 e. The number of carbonyl (C=O) groups is 2. The van der Waals surface area contributed by atoms with Crippen LogP contribution in [0.15, 0.2) is 6.20 Å². The van der Waals surface area contributed by atoms with Crippen molar-refractivity contribution in [3.8, 4) is 0 Å². The maximum absolute atomic E-state index is 10.4. The zero-order valence-electron chi connectivity index (χ0n) is 13.0. The van der Waals surface area contributed by atoms with Gasteiger partial charge in [-0.25, -0.2) is 14.3 Å². The van der Waals surface area contributed by atoms with E-state index in [4.69, 9.17) is 30.6 Å². The number of carbonyl (C=O) groups excluding carboxylic acids is 1. The van der Waals surface area contributed by atoms with Gasteiger partial charge in [0, 0.05) is 6.92 Å². The minimum atomic E-state index is -2.25. The van der Waals surface area contributed by atoms with Crippen molar-refractivity contribution in [3.63, 3.8) is 0 Å². The van der Waals surface area contributed by atoms with Crippen LogP contribution in [0, 0.1) is 17.0 Å². The molecule has 4 atom stereocenters. The number of aliphatic carboxylic acids is 1. The molecule has 6 N–H and O–H groups in total. The van der Waals surface area contributed by atoms with Crippen LogP contribution in [-0.2, 0) is 16.1 Å². The molecule has 0 bridgehead atoms. The minimum absolute atomic E-state index is 0.0809. The van der Waals surface area contributed by atoms with E-state index in [0.29, 0.717) is 5.82 Å². The van der Waals surface area contributed by atoms with Gasteiger partial charge in [0.05, 0.1) is 6.61 Å². The number of nitro groups is 1. The quantitative estimate of drug-likeness (QED) is 0.153. The van der Waals surface area contributed by atoms with Crippen LogP contribution in [0.5, 0.6) is 0 Å². The van der Waals surface area contributed by atoms with E-state index in [-0.39, 0.29) is 25.3 Å². The van der Waals surface area contributed by atoms with Gasteiger partial charge in [-0.05, 0) is 4.92 Å². The normalized spacial score (nSPS) is 15.3. The molecule has 0 aliphatic heterocycles. The van der Waals surface area contributed by atoms with Gasteiger partial charge in [0.15, 0.2) is 18.2 Å². The lowest BCUT2D eigenvalue weighted by molar-refractivity contribution is -0.392. The van der Waals surface area contributed by atoms with Crippen LogP contribution in [0.1, 0.15) is 5.82 Å². The summed E-state index contributed by atoms with van der Waals surface area (Å²) in [5.74, 6) is -1.30. The molecule has 1 aromatic rings. The second-order valence-electron chi connectivity index (χ2n) is 4.69. The van der Waals surface area contributed by atoms with Crippen LogP contribution in [0.3, 0.4) is 0 Å².